The van der Waals surface area contributed by atoms with E-state index in [1.54, 1.807) is 29.6 Å². The summed E-state index contributed by atoms with van der Waals surface area (Å²) in [5.41, 5.74) is 3.10. The van der Waals surface area contributed by atoms with E-state index >= 15 is 0 Å². The van der Waals surface area contributed by atoms with Crippen molar-refractivity contribution in [2.75, 3.05) is 6.54 Å². The van der Waals surface area contributed by atoms with Gasteiger partial charge in [0.15, 0.2) is 11.3 Å². The van der Waals surface area contributed by atoms with E-state index in [1.165, 1.54) is 17.0 Å². The summed E-state index contributed by atoms with van der Waals surface area (Å²) < 4.78 is 1.52. The average Bonchev–Trinajstić information content (AvgIpc) is 3.05. The fraction of sp³-hybridized carbons (Fsp3) is 0.235. The number of hydrogen-bond acceptors (Lipinski definition) is 5. The highest BCUT2D eigenvalue weighted by molar-refractivity contribution is 6.30. The molecule has 126 valence electrons. The standard InChI is InChI=1S/C17H15ClN6O/c1-11-4-12(13-6-19-10-20-7-13)2-3-23(11)17(25)15-5-16-21-8-14(18)9-24(16)22-15/h2,5-11H,3-4H2,1H3. The molecule has 8 heteroatoms. The number of rotatable bonds is 2. The predicted octanol–water partition coefficient (Wildman–Crippen LogP) is 2.49. The number of nitrogens with zero attached hydrogens (tertiary/aromatic N) is 6. The summed E-state index contributed by atoms with van der Waals surface area (Å²) in [7, 11) is 0. The second kappa shape index (κ2) is 6.25. The van der Waals surface area contributed by atoms with E-state index in [0.717, 1.165) is 17.6 Å². The molecule has 0 aromatic carbocycles. The molecule has 7 nitrogen and oxygen atoms in total. The molecule has 1 aliphatic heterocycles. The zero-order valence-corrected chi connectivity index (χ0v) is 14.3. The Bertz CT molecular complexity index is 968. The lowest BCUT2D eigenvalue weighted by molar-refractivity contribution is 0.0705. The Morgan fingerprint density at radius 1 is 1.28 bits per heavy atom. The number of amides is 1. The lowest BCUT2D eigenvalue weighted by atomic mass is 9.96. The summed E-state index contributed by atoms with van der Waals surface area (Å²) in [6, 6.07) is 1.73. The molecular weight excluding hydrogens is 340 g/mol. The van der Waals surface area contributed by atoms with Crippen molar-refractivity contribution in [2.24, 2.45) is 0 Å². The smallest absolute Gasteiger partial charge is 0.274 e. The zero-order chi connectivity index (χ0) is 17.4. The number of halogens is 1. The van der Waals surface area contributed by atoms with Gasteiger partial charge in [0.2, 0.25) is 0 Å². The molecule has 3 aromatic rings. The van der Waals surface area contributed by atoms with Crippen molar-refractivity contribution in [2.45, 2.75) is 19.4 Å². The van der Waals surface area contributed by atoms with Gasteiger partial charge < -0.3 is 4.90 Å². The number of aromatic nitrogens is 5. The minimum absolute atomic E-state index is 0.0501. The Morgan fingerprint density at radius 3 is 2.84 bits per heavy atom. The Morgan fingerprint density at radius 2 is 2.08 bits per heavy atom. The van der Waals surface area contributed by atoms with Crippen LogP contribution in [0.5, 0.6) is 0 Å². The molecule has 0 saturated carbocycles. The summed E-state index contributed by atoms with van der Waals surface area (Å²) in [4.78, 5) is 26.9. The van der Waals surface area contributed by atoms with Crippen LogP contribution in [0.1, 0.15) is 29.4 Å². The Hall–Kier alpha value is -2.80. The maximum atomic E-state index is 12.8. The van der Waals surface area contributed by atoms with Crippen LogP contribution in [-0.4, -0.2) is 48.0 Å². The first-order valence-electron chi connectivity index (χ1n) is 7.88. The Labute approximate surface area is 149 Å². The summed E-state index contributed by atoms with van der Waals surface area (Å²) >= 11 is 5.92. The summed E-state index contributed by atoms with van der Waals surface area (Å²) in [6.07, 6.45) is 11.1. The van der Waals surface area contributed by atoms with Gasteiger partial charge in [0.1, 0.15) is 6.33 Å². The van der Waals surface area contributed by atoms with E-state index in [2.05, 4.69) is 20.1 Å². The molecule has 0 fully saturated rings. The number of hydrogen-bond donors (Lipinski definition) is 0. The molecule has 0 saturated heterocycles. The van der Waals surface area contributed by atoms with Gasteiger partial charge in [-0.2, -0.15) is 5.10 Å². The van der Waals surface area contributed by atoms with Crippen LogP contribution in [0, 0.1) is 0 Å². The van der Waals surface area contributed by atoms with Gasteiger partial charge >= 0.3 is 0 Å². The number of carbonyl (C=O) groups is 1. The topological polar surface area (TPSA) is 76.3 Å². The predicted molar refractivity (Wildman–Crippen MR) is 93.1 cm³/mol. The van der Waals surface area contributed by atoms with Crippen LogP contribution in [0.25, 0.3) is 11.2 Å². The van der Waals surface area contributed by atoms with E-state index in [4.69, 9.17) is 11.6 Å². The molecule has 0 bridgehead atoms. The van der Waals surface area contributed by atoms with Gasteiger partial charge in [-0.1, -0.05) is 17.7 Å². The lowest BCUT2D eigenvalue weighted by Crippen LogP contribution is -2.41. The first-order chi connectivity index (χ1) is 12.1. The molecule has 4 rings (SSSR count). The van der Waals surface area contributed by atoms with Gasteiger partial charge in [0.25, 0.3) is 5.91 Å². The van der Waals surface area contributed by atoms with Gasteiger partial charge in [0, 0.05) is 42.8 Å². The van der Waals surface area contributed by atoms with Crippen LogP contribution in [0.2, 0.25) is 5.02 Å². The molecule has 1 atom stereocenters. The van der Waals surface area contributed by atoms with Crippen LogP contribution < -0.4 is 0 Å². The molecule has 3 aromatic heterocycles. The molecule has 1 unspecified atom stereocenters. The van der Waals surface area contributed by atoms with E-state index in [0.29, 0.717) is 22.9 Å². The molecule has 1 amide bonds. The van der Waals surface area contributed by atoms with Gasteiger partial charge in [-0.05, 0) is 18.9 Å². The van der Waals surface area contributed by atoms with Crippen LogP contribution in [0.15, 0.2) is 43.3 Å². The molecule has 0 radical (unpaired) electrons. The minimum atomic E-state index is -0.117. The Kier molecular flexibility index (Phi) is 3.93. The van der Waals surface area contributed by atoms with Gasteiger partial charge in [-0.25, -0.2) is 19.5 Å². The summed E-state index contributed by atoms with van der Waals surface area (Å²) in [6.45, 7) is 2.55. The highest BCUT2D eigenvalue weighted by Gasteiger charge is 2.27. The monoisotopic (exact) mass is 354 g/mol. The van der Waals surface area contributed by atoms with E-state index in [1.807, 2.05) is 13.0 Å². The van der Waals surface area contributed by atoms with Crippen molar-refractivity contribution >= 4 is 28.7 Å². The minimum Gasteiger partial charge on any atom is -0.330 e. The second-order valence-electron chi connectivity index (χ2n) is 5.97. The normalized spacial score (nSPS) is 17.6. The highest BCUT2D eigenvalue weighted by atomic mass is 35.5. The van der Waals surface area contributed by atoms with E-state index in [-0.39, 0.29) is 11.9 Å². The first-order valence-corrected chi connectivity index (χ1v) is 8.26. The van der Waals surface area contributed by atoms with Crippen molar-refractivity contribution in [3.63, 3.8) is 0 Å². The Balaban J connectivity index is 1.59. The quantitative estimate of drug-likeness (QED) is 0.706. The maximum Gasteiger partial charge on any atom is 0.274 e. The number of carbonyl (C=O) groups excluding carboxylic acids is 1. The van der Waals surface area contributed by atoms with Crippen molar-refractivity contribution in [1.29, 1.82) is 0 Å². The van der Waals surface area contributed by atoms with Crippen molar-refractivity contribution in [3.8, 4) is 0 Å². The molecule has 0 aliphatic carbocycles. The van der Waals surface area contributed by atoms with Crippen molar-refractivity contribution in [3.05, 3.63) is 59.5 Å². The van der Waals surface area contributed by atoms with Crippen molar-refractivity contribution < 1.29 is 4.79 Å². The fourth-order valence-electron chi connectivity index (χ4n) is 2.99. The van der Waals surface area contributed by atoms with Crippen molar-refractivity contribution in [1.82, 2.24) is 29.5 Å². The summed E-state index contributed by atoms with van der Waals surface area (Å²) in [5, 5.41) is 4.77. The molecule has 0 spiro atoms. The third-order valence-electron chi connectivity index (χ3n) is 4.27. The number of fused-ring (bicyclic) bond motifs is 1. The van der Waals surface area contributed by atoms with Gasteiger partial charge in [-0.3, -0.25) is 4.79 Å². The SMILES string of the molecule is CC1CC(c2cncnc2)=CCN1C(=O)c1cc2ncc(Cl)cn2n1. The van der Waals surface area contributed by atoms with Crippen LogP contribution >= 0.6 is 11.6 Å². The van der Waals surface area contributed by atoms with Gasteiger partial charge in [-0.15, -0.1) is 0 Å². The zero-order valence-electron chi connectivity index (χ0n) is 13.5. The molecule has 1 aliphatic rings. The van der Waals surface area contributed by atoms with E-state index in [9.17, 15) is 4.79 Å². The third kappa shape index (κ3) is 2.98. The largest absolute Gasteiger partial charge is 0.330 e. The fourth-order valence-corrected chi connectivity index (χ4v) is 3.13. The first kappa shape index (κ1) is 15.7. The molecular formula is C17H15ClN6O. The molecule has 4 heterocycles. The van der Waals surface area contributed by atoms with Crippen LogP contribution in [-0.2, 0) is 0 Å². The average molecular weight is 355 g/mol. The van der Waals surface area contributed by atoms with E-state index < -0.39 is 0 Å². The highest BCUT2D eigenvalue weighted by Crippen LogP contribution is 2.26. The van der Waals surface area contributed by atoms with Crippen LogP contribution in [0.4, 0.5) is 0 Å². The third-order valence-corrected chi connectivity index (χ3v) is 4.47. The summed E-state index contributed by atoms with van der Waals surface area (Å²) in [5.74, 6) is -0.117. The van der Waals surface area contributed by atoms with Crippen LogP contribution in [0.3, 0.4) is 0 Å². The maximum absolute atomic E-state index is 12.8. The molecule has 0 N–H and O–H groups in total. The second-order valence-corrected chi connectivity index (χ2v) is 6.41. The van der Waals surface area contributed by atoms with Gasteiger partial charge in [0.05, 0.1) is 11.2 Å². The lowest BCUT2D eigenvalue weighted by Gasteiger charge is -2.32. The molecule has 25 heavy (non-hydrogen) atoms.